The van der Waals surface area contributed by atoms with Crippen LogP contribution in [0.2, 0.25) is 10.0 Å². The zero-order chi connectivity index (χ0) is 9.30. The summed E-state index contributed by atoms with van der Waals surface area (Å²) in [4.78, 5) is 0. The van der Waals surface area contributed by atoms with Gasteiger partial charge in [0, 0.05) is 4.47 Å². The maximum atomic E-state index is 12.2. The van der Waals surface area contributed by atoms with Crippen LogP contribution in [0.25, 0.3) is 0 Å². The molecule has 0 unspecified atom stereocenters. The van der Waals surface area contributed by atoms with Crippen LogP contribution in [0.4, 0.5) is 8.78 Å². The molecule has 1 rings (SSSR count). The zero-order valence-corrected chi connectivity index (χ0v) is 8.72. The highest BCUT2D eigenvalue weighted by atomic mass is 79.9. The third-order valence-electron chi connectivity index (χ3n) is 1.26. The van der Waals surface area contributed by atoms with Crippen LogP contribution in [0.1, 0.15) is 12.0 Å². The summed E-state index contributed by atoms with van der Waals surface area (Å²) in [6.07, 6.45) is -2.64. The lowest BCUT2D eigenvalue weighted by molar-refractivity contribution is 0.151. The van der Waals surface area contributed by atoms with Crippen molar-refractivity contribution in [3.63, 3.8) is 0 Å². The summed E-state index contributed by atoms with van der Waals surface area (Å²) in [6, 6.07) is 2.77. The Morgan fingerprint density at radius 3 is 1.92 bits per heavy atom. The van der Waals surface area contributed by atoms with Crippen molar-refractivity contribution in [2.24, 2.45) is 0 Å². The first-order valence-corrected chi connectivity index (χ1v) is 4.50. The van der Waals surface area contributed by atoms with Crippen LogP contribution >= 0.6 is 39.1 Å². The maximum absolute atomic E-state index is 12.2. The van der Waals surface area contributed by atoms with E-state index in [1.807, 2.05) is 0 Å². The van der Waals surface area contributed by atoms with Gasteiger partial charge in [0.25, 0.3) is 6.43 Å². The smallest absolute Gasteiger partial charge is 0.205 e. The number of alkyl halides is 2. The summed E-state index contributed by atoms with van der Waals surface area (Å²) in [7, 11) is 0. The Morgan fingerprint density at radius 2 is 1.58 bits per heavy atom. The minimum absolute atomic E-state index is 0.0237. The van der Waals surface area contributed by atoms with Gasteiger partial charge in [-0.25, -0.2) is 8.78 Å². The minimum Gasteiger partial charge on any atom is -0.205 e. The van der Waals surface area contributed by atoms with Crippen LogP contribution < -0.4 is 0 Å². The second kappa shape index (κ2) is 3.90. The van der Waals surface area contributed by atoms with Crippen LogP contribution in [0.15, 0.2) is 16.6 Å². The summed E-state index contributed by atoms with van der Waals surface area (Å²) in [6.45, 7) is 0. The van der Waals surface area contributed by atoms with E-state index < -0.39 is 6.43 Å². The summed E-state index contributed by atoms with van der Waals surface area (Å²) in [5, 5.41) is -0.0475. The van der Waals surface area contributed by atoms with Crippen LogP contribution in [0.5, 0.6) is 0 Å². The van der Waals surface area contributed by atoms with Gasteiger partial charge in [-0.2, -0.15) is 0 Å². The van der Waals surface area contributed by atoms with Crippen molar-refractivity contribution in [1.29, 1.82) is 0 Å². The molecule has 66 valence electrons. The molecule has 0 spiro atoms. The third kappa shape index (κ3) is 2.09. The number of hydrogen-bond acceptors (Lipinski definition) is 0. The van der Waals surface area contributed by atoms with E-state index in [1.54, 1.807) is 0 Å². The molecule has 0 amide bonds. The topological polar surface area (TPSA) is 0 Å². The van der Waals surface area contributed by atoms with E-state index in [2.05, 4.69) is 15.9 Å². The highest BCUT2D eigenvalue weighted by molar-refractivity contribution is 9.10. The highest BCUT2D eigenvalue weighted by Gasteiger charge is 2.16. The maximum Gasteiger partial charge on any atom is 0.266 e. The molecular formula is C7H3BrCl2F2. The van der Waals surface area contributed by atoms with Gasteiger partial charge in [-0.15, -0.1) is 0 Å². The van der Waals surface area contributed by atoms with Gasteiger partial charge in [-0.05, 0) is 12.1 Å². The summed E-state index contributed by atoms with van der Waals surface area (Å²) in [5.74, 6) is 0. The van der Waals surface area contributed by atoms with Gasteiger partial charge < -0.3 is 0 Å². The molecule has 0 bridgehead atoms. The molecule has 0 N–H and O–H groups in total. The van der Waals surface area contributed by atoms with Crippen molar-refractivity contribution in [1.82, 2.24) is 0 Å². The first-order chi connectivity index (χ1) is 5.52. The van der Waals surface area contributed by atoms with Crippen LogP contribution in [-0.4, -0.2) is 0 Å². The fourth-order valence-electron chi connectivity index (χ4n) is 0.762. The predicted octanol–water partition coefficient (Wildman–Crippen LogP) is 4.69. The van der Waals surface area contributed by atoms with Gasteiger partial charge in [-0.1, -0.05) is 39.1 Å². The molecule has 0 nitrogen and oxygen atoms in total. The average molecular weight is 276 g/mol. The fourth-order valence-corrected chi connectivity index (χ4v) is 2.14. The molecule has 0 atom stereocenters. The van der Waals surface area contributed by atoms with Gasteiger partial charge in [0.1, 0.15) is 0 Å². The fraction of sp³-hybridized carbons (Fsp3) is 0.143. The first-order valence-electron chi connectivity index (χ1n) is 2.95. The lowest BCUT2D eigenvalue weighted by Gasteiger charge is -2.05. The van der Waals surface area contributed by atoms with Crippen molar-refractivity contribution in [3.8, 4) is 0 Å². The normalized spacial score (nSPS) is 10.8. The summed E-state index contributed by atoms with van der Waals surface area (Å²) >= 11 is 14.2. The third-order valence-corrected chi connectivity index (χ3v) is 2.35. The van der Waals surface area contributed by atoms with E-state index in [-0.39, 0.29) is 15.6 Å². The molecular weight excluding hydrogens is 273 g/mol. The van der Waals surface area contributed by atoms with E-state index in [1.165, 1.54) is 12.1 Å². The van der Waals surface area contributed by atoms with Crippen molar-refractivity contribution in [2.45, 2.75) is 6.43 Å². The number of halogens is 5. The van der Waals surface area contributed by atoms with Gasteiger partial charge in [0.15, 0.2) is 0 Å². The molecule has 0 aliphatic carbocycles. The van der Waals surface area contributed by atoms with Crippen molar-refractivity contribution >= 4 is 39.1 Å². The van der Waals surface area contributed by atoms with E-state index in [4.69, 9.17) is 23.2 Å². The summed E-state index contributed by atoms with van der Waals surface area (Å²) < 4.78 is 25.1. The molecule has 0 radical (unpaired) electrons. The Kier molecular flexibility index (Phi) is 3.32. The molecule has 1 aromatic carbocycles. The van der Waals surface area contributed by atoms with Gasteiger partial charge in [-0.3, -0.25) is 0 Å². The zero-order valence-electron chi connectivity index (χ0n) is 5.62. The van der Waals surface area contributed by atoms with Crippen molar-refractivity contribution in [3.05, 3.63) is 32.2 Å². The second-order valence-corrected chi connectivity index (χ2v) is 3.81. The van der Waals surface area contributed by atoms with Gasteiger partial charge >= 0.3 is 0 Å². The molecule has 0 heterocycles. The number of benzene rings is 1. The molecule has 0 aromatic heterocycles. The predicted molar refractivity (Wildman–Crippen MR) is 49.1 cm³/mol. The van der Waals surface area contributed by atoms with E-state index in [9.17, 15) is 8.78 Å². The molecule has 5 heteroatoms. The Hall–Kier alpha value is 0.140. The standard InChI is InChI=1S/C7H3BrCl2F2/c8-3-1-4(9)6(7(11)12)5(10)2-3/h1-2,7H. The Morgan fingerprint density at radius 1 is 1.17 bits per heavy atom. The van der Waals surface area contributed by atoms with E-state index in [0.29, 0.717) is 4.47 Å². The Bertz CT molecular complexity index is 278. The molecule has 0 fully saturated rings. The Balaban J connectivity index is 3.28. The molecule has 0 aliphatic rings. The van der Waals surface area contributed by atoms with Crippen LogP contribution in [-0.2, 0) is 0 Å². The average Bonchev–Trinajstić information content (AvgIpc) is 1.82. The molecule has 0 saturated carbocycles. The first kappa shape index (κ1) is 10.2. The van der Waals surface area contributed by atoms with Crippen molar-refractivity contribution < 1.29 is 8.78 Å². The monoisotopic (exact) mass is 274 g/mol. The number of rotatable bonds is 1. The molecule has 1 aromatic rings. The lowest BCUT2D eigenvalue weighted by atomic mass is 10.2. The van der Waals surface area contributed by atoms with Crippen molar-refractivity contribution in [2.75, 3.05) is 0 Å². The van der Waals surface area contributed by atoms with Gasteiger partial charge in [0.05, 0.1) is 15.6 Å². The quantitative estimate of drug-likeness (QED) is 0.697. The van der Waals surface area contributed by atoms with E-state index >= 15 is 0 Å². The molecule has 0 saturated heterocycles. The largest absolute Gasteiger partial charge is 0.266 e. The van der Waals surface area contributed by atoms with Crippen LogP contribution in [0.3, 0.4) is 0 Å². The van der Waals surface area contributed by atoms with Crippen LogP contribution in [0, 0.1) is 0 Å². The van der Waals surface area contributed by atoms with Gasteiger partial charge in [0.2, 0.25) is 0 Å². The lowest BCUT2D eigenvalue weighted by Crippen LogP contribution is -1.87. The Labute approximate surface area is 86.6 Å². The second-order valence-electron chi connectivity index (χ2n) is 2.08. The molecule has 12 heavy (non-hydrogen) atoms. The highest BCUT2D eigenvalue weighted by Crippen LogP contribution is 2.35. The SMILES string of the molecule is FC(F)c1c(Cl)cc(Br)cc1Cl. The van der Waals surface area contributed by atoms with E-state index in [0.717, 1.165) is 0 Å². The molecule has 0 aliphatic heterocycles. The minimum atomic E-state index is -2.64. The summed E-state index contributed by atoms with van der Waals surface area (Å²) in [5.41, 5.74) is -0.318. The number of hydrogen-bond donors (Lipinski definition) is 0.